The van der Waals surface area contributed by atoms with Crippen LogP contribution in [-0.2, 0) is 9.47 Å². The van der Waals surface area contributed by atoms with Crippen LogP contribution in [-0.4, -0.2) is 38.5 Å². The molecule has 1 atom stereocenters. The second-order valence-corrected chi connectivity index (χ2v) is 5.13. The molecule has 1 N–H and O–H groups in total. The molecule has 1 saturated carbocycles. The number of hydrogen-bond donors (Lipinski definition) is 1. The monoisotopic (exact) mass is 227 g/mol. The first-order chi connectivity index (χ1) is 7.80. The van der Waals surface area contributed by atoms with Gasteiger partial charge in [-0.1, -0.05) is 12.8 Å². The number of hydrogen-bond acceptors (Lipinski definition) is 3. The Balaban J connectivity index is 2.00. The predicted octanol–water partition coefficient (Wildman–Crippen LogP) is 1.96. The van der Waals surface area contributed by atoms with Crippen LogP contribution in [0.15, 0.2) is 0 Å². The molecule has 3 nitrogen and oxygen atoms in total. The van der Waals surface area contributed by atoms with E-state index >= 15 is 0 Å². The van der Waals surface area contributed by atoms with Crippen molar-refractivity contribution in [2.45, 2.75) is 50.7 Å². The molecule has 1 saturated heterocycles. The Labute approximate surface area is 98.9 Å². The minimum absolute atomic E-state index is 0.0321. The largest absolute Gasteiger partial charge is 0.381 e. The summed E-state index contributed by atoms with van der Waals surface area (Å²) in [6.45, 7) is 4.61. The third kappa shape index (κ3) is 2.76. The zero-order chi connectivity index (χ0) is 11.4. The highest BCUT2D eigenvalue weighted by atomic mass is 16.5. The molecule has 1 aliphatic carbocycles. The van der Waals surface area contributed by atoms with E-state index in [9.17, 15) is 0 Å². The van der Waals surface area contributed by atoms with Crippen LogP contribution in [0.2, 0.25) is 0 Å². The minimum Gasteiger partial charge on any atom is -0.381 e. The van der Waals surface area contributed by atoms with Crippen molar-refractivity contribution < 1.29 is 9.47 Å². The van der Waals surface area contributed by atoms with Gasteiger partial charge in [-0.25, -0.2) is 0 Å². The van der Waals surface area contributed by atoms with Gasteiger partial charge in [-0.15, -0.1) is 0 Å². The van der Waals surface area contributed by atoms with Crippen LogP contribution < -0.4 is 5.32 Å². The van der Waals surface area contributed by atoms with E-state index in [4.69, 9.17) is 9.47 Å². The van der Waals surface area contributed by atoms with Crippen LogP contribution in [0, 0.1) is 5.92 Å². The third-order valence-corrected chi connectivity index (χ3v) is 4.02. The van der Waals surface area contributed by atoms with Gasteiger partial charge in [0.2, 0.25) is 0 Å². The van der Waals surface area contributed by atoms with Gasteiger partial charge < -0.3 is 14.8 Å². The Hall–Kier alpha value is -0.120. The Morgan fingerprint density at radius 1 is 1.38 bits per heavy atom. The van der Waals surface area contributed by atoms with E-state index in [0.29, 0.717) is 6.04 Å². The summed E-state index contributed by atoms with van der Waals surface area (Å²) < 4.78 is 11.6. The molecule has 1 aliphatic heterocycles. The summed E-state index contributed by atoms with van der Waals surface area (Å²) in [5.41, 5.74) is 0.0321. The summed E-state index contributed by atoms with van der Waals surface area (Å²) in [5, 5.41) is 3.49. The van der Waals surface area contributed by atoms with Crippen molar-refractivity contribution >= 4 is 0 Å². The van der Waals surface area contributed by atoms with Gasteiger partial charge in [-0.2, -0.15) is 0 Å². The Kier molecular flexibility index (Phi) is 4.22. The highest BCUT2D eigenvalue weighted by molar-refractivity contribution is 4.97. The molecule has 0 aromatic carbocycles. The van der Waals surface area contributed by atoms with Crippen molar-refractivity contribution in [1.82, 2.24) is 5.32 Å². The number of nitrogens with one attached hydrogen (secondary N) is 1. The van der Waals surface area contributed by atoms with Gasteiger partial charge in [-0.3, -0.25) is 0 Å². The van der Waals surface area contributed by atoms with Gasteiger partial charge >= 0.3 is 0 Å². The van der Waals surface area contributed by atoms with Gasteiger partial charge in [0.25, 0.3) is 0 Å². The van der Waals surface area contributed by atoms with Crippen LogP contribution in [0.25, 0.3) is 0 Å². The fourth-order valence-corrected chi connectivity index (χ4v) is 2.88. The third-order valence-electron chi connectivity index (χ3n) is 4.02. The molecule has 2 aliphatic rings. The molecule has 0 amide bonds. The SMILES string of the molecule is CCOC1(C(CC2CC2)NC)CCOCC1. The van der Waals surface area contributed by atoms with E-state index in [1.54, 1.807) is 0 Å². The van der Waals surface area contributed by atoms with Gasteiger partial charge in [0.15, 0.2) is 0 Å². The summed E-state index contributed by atoms with van der Waals surface area (Å²) in [5.74, 6) is 0.942. The zero-order valence-electron chi connectivity index (χ0n) is 10.6. The molecular formula is C13H25NO2. The first-order valence-electron chi connectivity index (χ1n) is 6.69. The molecule has 3 heteroatoms. The predicted molar refractivity (Wildman–Crippen MR) is 64.6 cm³/mol. The molecular weight excluding hydrogens is 202 g/mol. The lowest BCUT2D eigenvalue weighted by molar-refractivity contribution is -0.127. The van der Waals surface area contributed by atoms with Crippen LogP contribution in [0.1, 0.15) is 39.0 Å². The van der Waals surface area contributed by atoms with Gasteiger partial charge in [-0.05, 0) is 26.3 Å². The quantitative estimate of drug-likeness (QED) is 0.752. The topological polar surface area (TPSA) is 30.5 Å². The van der Waals surface area contributed by atoms with Gasteiger partial charge in [0.1, 0.15) is 0 Å². The lowest BCUT2D eigenvalue weighted by atomic mass is 9.83. The van der Waals surface area contributed by atoms with Crippen molar-refractivity contribution in [3.8, 4) is 0 Å². The summed E-state index contributed by atoms with van der Waals surface area (Å²) in [6.07, 6.45) is 6.18. The zero-order valence-corrected chi connectivity index (χ0v) is 10.6. The second-order valence-electron chi connectivity index (χ2n) is 5.13. The van der Waals surface area contributed by atoms with E-state index in [2.05, 4.69) is 19.3 Å². The lowest BCUT2D eigenvalue weighted by Crippen LogP contribution is -2.54. The lowest BCUT2D eigenvalue weighted by Gasteiger charge is -2.43. The van der Waals surface area contributed by atoms with E-state index in [1.165, 1.54) is 19.3 Å². The first-order valence-corrected chi connectivity index (χ1v) is 6.69. The molecule has 0 aromatic heterocycles. The van der Waals surface area contributed by atoms with E-state index in [0.717, 1.165) is 38.6 Å². The van der Waals surface area contributed by atoms with Crippen molar-refractivity contribution in [3.63, 3.8) is 0 Å². The van der Waals surface area contributed by atoms with Gasteiger partial charge in [0, 0.05) is 38.7 Å². The van der Waals surface area contributed by atoms with Crippen LogP contribution in [0.4, 0.5) is 0 Å². The van der Waals surface area contributed by atoms with Crippen LogP contribution in [0.3, 0.4) is 0 Å². The normalized spacial score (nSPS) is 26.6. The van der Waals surface area contributed by atoms with Crippen LogP contribution in [0.5, 0.6) is 0 Å². The molecule has 2 rings (SSSR count). The Bertz CT molecular complexity index is 204. The van der Waals surface area contributed by atoms with E-state index < -0.39 is 0 Å². The van der Waals surface area contributed by atoms with Gasteiger partial charge in [0.05, 0.1) is 5.60 Å². The molecule has 0 bridgehead atoms. The fourth-order valence-electron chi connectivity index (χ4n) is 2.88. The molecule has 1 unspecified atom stereocenters. The summed E-state index contributed by atoms with van der Waals surface area (Å²) >= 11 is 0. The standard InChI is InChI=1S/C13H25NO2/c1-3-16-13(6-8-15-9-7-13)12(14-2)10-11-4-5-11/h11-12,14H,3-10H2,1-2H3. The molecule has 1 heterocycles. The Morgan fingerprint density at radius 3 is 2.56 bits per heavy atom. The van der Waals surface area contributed by atoms with Crippen molar-refractivity contribution in [1.29, 1.82) is 0 Å². The summed E-state index contributed by atoms with van der Waals surface area (Å²) in [7, 11) is 2.07. The number of likely N-dealkylation sites (N-methyl/N-ethyl adjacent to an activating group) is 1. The summed E-state index contributed by atoms with van der Waals surface area (Å²) in [4.78, 5) is 0. The average molecular weight is 227 g/mol. The highest BCUT2D eigenvalue weighted by Gasteiger charge is 2.42. The van der Waals surface area contributed by atoms with E-state index in [1.807, 2.05) is 0 Å². The minimum atomic E-state index is 0.0321. The molecule has 94 valence electrons. The van der Waals surface area contributed by atoms with E-state index in [-0.39, 0.29) is 5.60 Å². The molecule has 0 radical (unpaired) electrons. The van der Waals surface area contributed by atoms with Crippen molar-refractivity contribution in [3.05, 3.63) is 0 Å². The van der Waals surface area contributed by atoms with Crippen LogP contribution >= 0.6 is 0 Å². The maximum absolute atomic E-state index is 6.11. The van der Waals surface area contributed by atoms with Crippen molar-refractivity contribution in [2.24, 2.45) is 5.92 Å². The smallest absolute Gasteiger partial charge is 0.0878 e. The Morgan fingerprint density at radius 2 is 2.06 bits per heavy atom. The van der Waals surface area contributed by atoms with Crippen molar-refractivity contribution in [2.75, 3.05) is 26.9 Å². The molecule has 16 heavy (non-hydrogen) atoms. The maximum atomic E-state index is 6.11. The average Bonchev–Trinajstić information content (AvgIpc) is 3.11. The molecule has 0 aromatic rings. The number of ether oxygens (including phenoxy) is 2. The highest BCUT2D eigenvalue weighted by Crippen LogP contribution is 2.39. The number of rotatable bonds is 6. The second kappa shape index (κ2) is 5.48. The molecule has 0 spiro atoms. The summed E-state index contributed by atoms with van der Waals surface area (Å²) in [6, 6.07) is 0.504. The molecule has 2 fully saturated rings. The first kappa shape index (κ1) is 12.3. The fraction of sp³-hybridized carbons (Fsp3) is 1.00. The maximum Gasteiger partial charge on any atom is 0.0878 e.